The zero-order chi connectivity index (χ0) is 19.1. The van der Waals surface area contributed by atoms with Gasteiger partial charge in [-0.3, -0.25) is 9.59 Å². The molecule has 1 heterocycles. The standard InChI is InChI=1S/C19H19N3O3S/c1-3-8-25-16(23)11-26-19-15(10-21)17(14(9-20)18(24)22-19)13-7-5-4-6-12(13)2/h4-7,14,17H,3,8,11H2,1-2H3,(H,22,24)/t14-,17-/m0/s1. The molecule has 0 spiro atoms. The van der Waals surface area contributed by atoms with Crippen LogP contribution in [0.25, 0.3) is 0 Å². The normalized spacial score (nSPS) is 19.3. The van der Waals surface area contributed by atoms with Gasteiger partial charge in [-0.15, -0.1) is 0 Å². The number of hydrogen-bond donors (Lipinski definition) is 1. The third-order valence-electron chi connectivity index (χ3n) is 3.99. The zero-order valence-corrected chi connectivity index (χ0v) is 15.4. The number of nitrogens with one attached hydrogen (secondary N) is 1. The maximum Gasteiger partial charge on any atom is 0.316 e. The lowest BCUT2D eigenvalue weighted by atomic mass is 9.78. The molecule has 0 unspecified atom stereocenters. The van der Waals surface area contributed by atoms with Gasteiger partial charge in [0.15, 0.2) is 0 Å². The predicted molar refractivity (Wildman–Crippen MR) is 97.5 cm³/mol. The highest BCUT2D eigenvalue weighted by Gasteiger charge is 2.40. The Morgan fingerprint density at radius 2 is 2.08 bits per heavy atom. The van der Waals surface area contributed by atoms with Crippen LogP contribution in [0.4, 0.5) is 0 Å². The minimum Gasteiger partial charge on any atom is -0.465 e. The summed E-state index contributed by atoms with van der Waals surface area (Å²) in [6.07, 6.45) is 0.721. The molecule has 1 aromatic rings. The van der Waals surface area contributed by atoms with E-state index in [1.165, 1.54) is 0 Å². The SMILES string of the molecule is CCCOC(=O)CSC1=C(C#N)[C@@H](c2ccccc2C)[C@H](C#N)C(=O)N1. The monoisotopic (exact) mass is 369 g/mol. The van der Waals surface area contributed by atoms with Gasteiger partial charge in [-0.1, -0.05) is 43.0 Å². The highest BCUT2D eigenvalue weighted by atomic mass is 32.2. The summed E-state index contributed by atoms with van der Waals surface area (Å²) in [6, 6.07) is 11.5. The lowest BCUT2D eigenvalue weighted by molar-refractivity contribution is -0.140. The number of allylic oxidation sites excluding steroid dienone is 1. The van der Waals surface area contributed by atoms with E-state index in [4.69, 9.17) is 4.74 Å². The number of benzene rings is 1. The average molecular weight is 369 g/mol. The van der Waals surface area contributed by atoms with E-state index in [0.717, 1.165) is 29.3 Å². The molecule has 0 aromatic heterocycles. The van der Waals surface area contributed by atoms with Crippen LogP contribution in [0.1, 0.15) is 30.4 Å². The molecule has 1 aliphatic rings. The van der Waals surface area contributed by atoms with E-state index < -0.39 is 23.7 Å². The Hall–Kier alpha value is -2.77. The summed E-state index contributed by atoms with van der Waals surface area (Å²) in [4.78, 5) is 24.1. The van der Waals surface area contributed by atoms with Crippen molar-refractivity contribution in [3.63, 3.8) is 0 Å². The fourth-order valence-corrected chi connectivity index (χ4v) is 3.59. The van der Waals surface area contributed by atoms with Gasteiger partial charge >= 0.3 is 5.97 Å². The molecule has 0 aliphatic carbocycles. The fraction of sp³-hybridized carbons (Fsp3) is 0.368. The van der Waals surface area contributed by atoms with Gasteiger partial charge in [0.2, 0.25) is 5.91 Å². The van der Waals surface area contributed by atoms with Crippen molar-refractivity contribution in [2.45, 2.75) is 26.2 Å². The molecule has 1 aromatic carbocycles. The van der Waals surface area contributed by atoms with Crippen LogP contribution in [-0.2, 0) is 14.3 Å². The minimum atomic E-state index is -0.998. The van der Waals surface area contributed by atoms with Crippen LogP contribution in [0, 0.1) is 35.5 Å². The van der Waals surface area contributed by atoms with Crippen molar-refractivity contribution >= 4 is 23.6 Å². The molecule has 2 rings (SSSR count). The molecule has 0 saturated heterocycles. The molecule has 7 heteroatoms. The van der Waals surface area contributed by atoms with Gasteiger partial charge in [-0.2, -0.15) is 10.5 Å². The van der Waals surface area contributed by atoms with Gasteiger partial charge in [-0.05, 0) is 24.5 Å². The van der Waals surface area contributed by atoms with Crippen molar-refractivity contribution in [3.8, 4) is 12.1 Å². The summed E-state index contributed by atoms with van der Waals surface area (Å²) < 4.78 is 5.02. The van der Waals surface area contributed by atoms with Gasteiger partial charge < -0.3 is 10.1 Å². The lowest BCUT2D eigenvalue weighted by Gasteiger charge is -2.29. The van der Waals surface area contributed by atoms with Crippen LogP contribution in [-0.4, -0.2) is 24.2 Å². The fourth-order valence-electron chi connectivity index (χ4n) is 2.74. The predicted octanol–water partition coefficient (Wildman–Crippen LogP) is 2.77. The number of hydrogen-bond acceptors (Lipinski definition) is 6. The number of nitrogens with zero attached hydrogens (tertiary/aromatic N) is 2. The Labute approximate surface area is 156 Å². The average Bonchev–Trinajstić information content (AvgIpc) is 2.64. The molecule has 1 N–H and O–H groups in total. The first-order valence-corrected chi connectivity index (χ1v) is 9.20. The Bertz CT molecular complexity index is 820. The van der Waals surface area contributed by atoms with Crippen LogP contribution < -0.4 is 5.32 Å². The van der Waals surface area contributed by atoms with Gasteiger partial charge in [-0.25, -0.2) is 0 Å². The summed E-state index contributed by atoms with van der Waals surface area (Å²) in [6.45, 7) is 4.10. The first-order chi connectivity index (χ1) is 12.5. The Morgan fingerprint density at radius 3 is 2.69 bits per heavy atom. The van der Waals surface area contributed by atoms with E-state index in [1.807, 2.05) is 44.2 Å². The molecular formula is C19H19N3O3S. The number of carbonyl (C=O) groups excluding carboxylic acids is 2. The second kappa shape index (κ2) is 9.07. The third kappa shape index (κ3) is 4.25. The Balaban J connectivity index is 2.38. The van der Waals surface area contributed by atoms with E-state index in [-0.39, 0.29) is 5.75 Å². The number of thioether (sulfide) groups is 1. The summed E-state index contributed by atoms with van der Waals surface area (Å²) >= 11 is 1.05. The van der Waals surface area contributed by atoms with E-state index in [2.05, 4.69) is 11.4 Å². The van der Waals surface area contributed by atoms with Crippen molar-refractivity contribution < 1.29 is 14.3 Å². The van der Waals surface area contributed by atoms with Crippen molar-refractivity contribution in [1.82, 2.24) is 5.32 Å². The highest BCUT2D eigenvalue weighted by molar-refractivity contribution is 8.03. The molecule has 2 atom stereocenters. The van der Waals surface area contributed by atoms with Crippen molar-refractivity contribution in [3.05, 3.63) is 46.0 Å². The highest BCUT2D eigenvalue weighted by Crippen LogP contribution is 2.40. The number of carbonyl (C=O) groups is 2. The number of esters is 1. The minimum absolute atomic E-state index is 0.0154. The van der Waals surface area contributed by atoms with E-state index in [1.54, 1.807) is 0 Å². The van der Waals surface area contributed by atoms with Crippen molar-refractivity contribution in [1.29, 1.82) is 10.5 Å². The molecule has 1 aliphatic heterocycles. The maximum atomic E-state index is 12.4. The molecule has 0 bridgehead atoms. The molecule has 0 radical (unpaired) electrons. The molecule has 6 nitrogen and oxygen atoms in total. The number of aryl methyl sites for hydroxylation is 1. The van der Waals surface area contributed by atoms with E-state index >= 15 is 0 Å². The largest absolute Gasteiger partial charge is 0.465 e. The summed E-state index contributed by atoms with van der Waals surface area (Å²) in [7, 11) is 0. The lowest BCUT2D eigenvalue weighted by Crippen LogP contribution is -2.39. The van der Waals surface area contributed by atoms with Crippen LogP contribution >= 0.6 is 11.8 Å². The first kappa shape index (κ1) is 19.6. The maximum absolute atomic E-state index is 12.4. The Morgan fingerprint density at radius 1 is 1.35 bits per heavy atom. The van der Waals surface area contributed by atoms with E-state index in [9.17, 15) is 20.1 Å². The van der Waals surface area contributed by atoms with Gasteiger partial charge in [0, 0.05) is 5.92 Å². The van der Waals surface area contributed by atoms with Crippen molar-refractivity contribution in [2.75, 3.05) is 12.4 Å². The van der Waals surface area contributed by atoms with Crippen LogP contribution in [0.2, 0.25) is 0 Å². The van der Waals surface area contributed by atoms with E-state index in [0.29, 0.717) is 17.2 Å². The molecule has 1 amide bonds. The van der Waals surface area contributed by atoms with Gasteiger partial charge in [0.05, 0.1) is 35.1 Å². The molecule has 134 valence electrons. The summed E-state index contributed by atoms with van der Waals surface area (Å²) in [5.74, 6) is -2.55. The molecular weight excluding hydrogens is 350 g/mol. The number of nitriles is 2. The first-order valence-electron chi connectivity index (χ1n) is 8.22. The van der Waals surface area contributed by atoms with Crippen LogP contribution in [0.15, 0.2) is 34.9 Å². The second-order valence-electron chi connectivity index (χ2n) is 5.79. The number of rotatable bonds is 6. The number of ether oxygens (including phenoxy) is 1. The van der Waals surface area contributed by atoms with Gasteiger partial charge in [0.25, 0.3) is 0 Å². The third-order valence-corrected chi connectivity index (χ3v) is 4.98. The van der Waals surface area contributed by atoms with Crippen molar-refractivity contribution in [2.24, 2.45) is 5.92 Å². The zero-order valence-electron chi connectivity index (χ0n) is 14.6. The van der Waals surface area contributed by atoms with Crippen LogP contribution in [0.3, 0.4) is 0 Å². The van der Waals surface area contributed by atoms with Crippen LogP contribution in [0.5, 0.6) is 0 Å². The molecule has 0 saturated carbocycles. The second-order valence-corrected chi connectivity index (χ2v) is 6.78. The molecule has 26 heavy (non-hydrogen) atoms. The topological polar surface area (TPSA) is 103 Å². The smallest absolute Gasteiger partial charge is 0.316 e. The summed E-state index contributed by atoms with van der Waals surface area (Å²) in [5, 5.41) is 22.1. The number of amides is 1. The molecule has 0 fully saturated rings. The quantitative estimate of drug-likeness (QED) is 0.774. The summed E-state index contributed by atoms with van der Waals surface area (Å²) in [5.41, 5.74) is 1.95. The van der Waals surface area contributed by atoms with Gasteiger partial charge in [0.1, 0.15) is 5.92 Å². The Kier molecular flexibility index (Phi) is 6.82.